The van der Waals surface area contributed by atoms with E-state index in [1.807, 2.05) is 30.5 Å². The topological polar surface area (TPSA) is 96.5 Å². The van der Waals surface area contributed by atoms with Crippen molar-refractivity contribution in [2.24, 2.45) is 5.92 Å². The van der Waals surface area contributed by atoms with Gasteiger partial charge in [0, 0.05) is 34.2 Å². The van der Waals surface area contributed by atoms with Crippen LogP contribution in [-0.4, -0.2) is 47.0 Å². The Hall–Kier alpha value is -4.23. The summed E-state index contributed by atoms with van der Waals surface area (Å²) >= 11 is 5.98. The molecule has 0 aliphatic carbocycles. The molecule has 8 heteroatoms. The number of fused-ring (bicyclic) bond motifs is 1. The molecule has 7 nitrogen and oxygen atoms in total. The molecule has 0 radical (unpaired) electrons. The second-order valence-electron chi connectivity index (χ2n) is 8.88. The van der Waals surface area contributed by atoms with Crippen LogP contribution in [0.5, 0.6) is 0 Å². The number of amides is 1. The molecule has 1 aromatic heterocycles. The van der Waals surface area contributed by atoms with Crippen molar-refractivity contribution in [1.29, 1.82) is 0 Å². The van der Waals surface area contributed by atoms with Gasteiger partial charge in [-0.1, -0.05) is 41.9 Å². The number of rotatable bonds is 7. The summed E-state index contributed by atoms with van der Waals surface area (Å²) in [6.45, 7) is 0.236. The highest BCUT2D eigenvalue weighted by Gasteiger charge is 2.51. The summed E-state index contributed by atoms with van der Waals surface area (Å²) in [6.07, 6.45) is 2.38. The number of likely N-dealkylation sites (tertiary alicyclic amines) is 1. The fraction of sp³-hybridized carbons (Fsp3) is 0.172. The van der Waals surface area contributed by atoms with Crippen molar-refractivity contribution in [3.8, 4) is 0 Å². The van der Waals surface area contributed by atoms with Gasteiger partial charge in [0.2, 0.25) is 5.78 Å². The number of aromatic amines is 1. The Morgan fingerprint density at radius 1 is 0.946 bits per heavy atom. The average Bonchev–Trinajstić information content (AvgIpc) is 3.45. The van der Waals surface area contributed by atoms with Gasteiger partial charge in [-0.3, -0.25) is 14.4 Å². The molecule has 0 saturated carbocycles. The molecule has 4 aromatic rings. The standard InChI is InChI=1S/C29H23ClN2O5/c1-37-29(36)19-8-6-17(7-9-19)25-24(26(33)18-10-12-21(30)13-11-18)27(34)28(35)32(25)15-14-20-16-31-23-5-3-2-4-22(20)23/h2-13,16,24-25,31H,14-15H2,1H3. The molecule has 2 atom stereocenters. The van der Waals surface area contributed by atoms with Crippen molar-refractivity contribution in [2.75, 3.05) is 13.7 Å². The van der Waals surface area contributed by atoms with Crippen molar-refractivity contribution < 1.29 is 23.9 Å². The minimum atomic E-state index is -1.22. The summed E-state index contributed by atoms with van der Waals surface area (Å²) < 4.78 is 4.77. The Bertz CT molecular complexity index is 1510. The lowest BCUT2D eigenvalue weighted by Gasteiger charge is -2.27. The minimum absolute atomic E-state index is 0.236. The number of ketones is 2. The predicted octanol–water partition coefficient (Wildman–Crippen LogP) is 4.80. The van der Waals surface area contributed by atoms with Gasteiger partial charge in [0.15, 0.2) is 5.78 Å². The molecule has 2 heterocycles. The van der Waals surface area contributed by atoms with Gasteiger partial charge in [0.25, 0.3) is 5.91 Å². The van der Waals surface area contributed by atoms with Crippen LogP contribution in [0, 0.1) is 5.92 Å². The first-order valence-electron chi connectivity index (χ1n) is 11.8. The number of benzene rings is 3. The summed E-state index contributed by atoms with van der Waals surface area (Å²) in [4.78, 5) is 56.7. The molecular weight excluding hydrogens is 492 g/mol. The highest BCUT2D eigenvalue weighted by Crippen LogP contribution is 2.38. The Labute approximate surface area is 218 Å². The van der Waals surface area contributed by atoms with Gasteiger partial charge in [0.05, 0.1) is 18.7 Å². The van der Waals surface area contributed by atoms with Crippen LogP contribution in [0.1, 0.15) is 37.9 Å². The van der Waals surface area contributed by atoms with E-state index in [0.29, 0.717) is 28.1 Å². The number of aromatic nitrogens is 1. The van der Waals surface area contributed by atoms with E-state index in [2.05, 4.69) is 4.98 Å². The number of Topliss-reactive ketones (excluding diaryl/α,β-unsaturated/α-hetero) is 2. The number of methoxy groups -OCH3 is 1. The highest BCUT2D eigenvalue weighted by atomic mass is 35.5. The van der Waals surface area contributed by atoms with Crippen molar-refractivity contribution >= 4 is 45.9 Å². The van der Waals surface area contributed by atoms with Crippen LogP contribution in [0.25, 0.3) is 10.9 Å². The van der Waals surface area contributed by atoms with Crippen LogP contribution in [-0.2, 0) is 20.7 Å². The highest BCUT2D eigenvalue weighted by molar-refractivity contribution is 6.44. The van der Waals surface area contributed by atoms with Crippen LogP contribution < -0.4 is 0 Å². The van der Waals surface area contributed by atoms with Gasteiger partial charge in [-0.2, -0.15) is 0 Å². The molecule has 37 heavy (non-hydrogen) atoms. The zero-order valence-electron chi connectivity index (χ0n) is 19.9. The summed E-state index contributed by atoms with van der Waals surface area (Å²) in [5, 5.41) is 1.49. The number of carbonyl (C=O) groups is 4. The van der Waals surface area contributed by atoms with E-state index >= 15 is 0 Å². The maximum Gasteiger partial charge on any atom is 0.337 e. The number of nitrogens with zero attached hydrogens (tertiary/aromatic N) is 1. The normalized spacial score (nSPS) is 17.4. The van der Waals surface area contributed by atoms with E-state index in [9.17, 15) is 19.2 Å². The number of halogens is 1. The number of esters is 1. The molecule has 1 fully saturated rings. The van der Waals surface area contributed by atoms with E-state index in [1.54, 1.807) is 48.5 Å². The third-order valence-electron chi connectivity index (χ3n) is 6.79. The second kappa shape index (κ2) is 10.0. The second-order valence-corrected chi connectivity index (χ2v) is 9.32. The molecule has 1 aliphatic heterocycles. The molecule has 0 bridgehead atoms. The van der Waals surface area contributed by atoms with E-state index in [1.165, 1.54) is 12.0 Å². The number of hydrogen-bond donors (Lipinski definition) is 1. The van der Waals surface area contributed by atoms with Gasteiger partial charge in [-0.15, -0.1) is 0 Å². The molecule has 1 N–H and O–H groups in total. The molecular formula is C29H23ClN2O5. The first kappa shape index (κ1) is 24.5. The smallest absolute Gasteiger partial charge is 0.337 e. The molecule has 0 spiro atoms. The van der Waals surface area contributed by atoms with Gasteiger partial charge in [0.1, 0.15) is 5.92 Å². The van der Waals surface area contributed by atoms with Gasteiger partial charge in [-0.25, -0.2) is 4.79 Å². The number of hydrogen-bond acceptors (Lipinski definition) is 5. The molecule has 3 aromatic carbocycles. The van der Waals surface area contributed by atoms with Crippen molar-refractivity contribution in [2.45, 2.75) is 12.5 Å². The van der Waals surface area contributed by atoms with Crippen LogP contribution in [0.4, 0.5) is 0 Å². The lowest BCUT2D eigenvalue weighted by molar-refractivity contribution is -0.140. The van der Waals surface area contributed by atoms with Crippen LogP contribution >= 0.6 is 11.6 Å². The number of para-hydroxylation sites is 1. The number of H-pyrrole nitrogens is 1. The first-order chi connectivity index (χ1) is 17.9. The Morgan fingerprint density at radius 2 is 1.62 bits per heavy atom. The van der Waals surface area contributed by atoms with E-state index in [4.69, 9.17) is 16.3 Å². The van der Waals surface area contributed by atoms with Crippen LogP contribution in [0.15, 0.2) is 79.0 Å². The summed E-state index contributed by atoms with van der Waals surface area (Å²) in [5.41, 5.74) is 3.19. The zero-order chi connectivity index (χ0) is 26.1. The van der Waals surface area contributed by atoms with E-state index in [0.717, 1.165) is 16.5 Å². The van der Waals surface area contributed by atoms with Crippen LogP contribution in [0.2, 0.25) is 5.02 Å². The molecule has 1 amide bonds. The predicted molar refractivity (Wildman–Crippen MR) is 139 cm³/mol. The summed E-state index contributed by atoms with van der Waals surface area (Å²) in [6, 6.07) is 19.7. The molecule has 2 unspecified atom stereocenters. The minimum Gasteiger partial charge on any atom is -0.465 e. The third kappa shape index (κ3) is 4.54. The van der Waals surface area contributed by atoms with E-state index < -0.39 is 35.4 Å². The van der Waals surface area contributed by atoms with Crippen molar-refractivity contribution in [3.05, 3.63) is 106 Å². The number of carbonyl (C=O) groups excluding carboxylic acids is 4. The lowest BCUT2D eigenvalue weighted by Crippen LogP contribution is -2.32. The maximum atomic E-state index is 13.6. The van der Waals surface area contributed by atoms with Gasteiger partial charge < -0.3 is 14.6 Å². The summed E-state index contributed by atoms with van der Waals surface area (Å²) in [7, 11) is 1.29. The first-order valence-corrected chi connectivity index (χ1v) is 12.1. The monoisotopic (exact) mass is 514 g/mol. The van der Waals surface area contributed by atoms with Crippen LogP contribution in [0.3, 0.4) is 0 Å². The molecule has 5 rings (SSSR count). The molecule has 186 valence electrons. The molecule has 1 saturated heterocycles. The maximum absolute atomic E-state index is 13.6. The SMILES string of the molecule is COC(=O)c1ccc(C2C(C(=O)c3ccc(Cl)cc3)C(=O)C(=O)N2CCc2c[nH]c3ccccc23)cc1. The Morgan fingerprint density at radius 3 is 2.32 bits per heavy atom. The fourth-order valence-corrected chi connectivity index (χ4v) is 5.03. The zero-order valence-corrected chi connectivity index (χ0v) is 20.7. The summed E-state index contributed by atoms with van der Waals surface area (Å²) in [5.74, 6) is -3.63. The number of ether oxygens (including phenoxy) is 1. The average molecular weight is 515 g/mol. The van der Waals surface area contributed by atoms with Crippen molar-refractivity contribution in [3.63, 3.8) is 0 Å². The fourth-order valence-electron chi connectivity index (χ4n) is 4.91. The quantitative estimate of drug-likeness (QED) is 0.165. The third-order valence-corrected chi connectivity index (χ3v) is 7.04. The molecule has 1 aliphatic rings. The lowest BCUT2D eigenvalue weighted by atomic mass is 9.86. The number of nitrogens with one attached hydrogen (secondary N) is 1. The van der Waals surface area contributed by atoms with Gasteiger partial charge in [-0.05, 0) is 60.0 Å². The van der Waals surface area contributed by atoms with E-state index in [-0.39, 0.29) is 6.54 Å². The largest absolute Gasteiger partial charge is 0.465 e. The Balaban J connectivity index is 1.51. The van der Waals surface area contributed by atoms with Gasteiger partial charge >= 0.3 is 5.97 Å². The van der Waals surface area contributed by atoms with Crippen molar-refractivity contribution in [1.82, 2.24) is 9.88 Å². The Kier molecular flexibility index (Phi) is 6.63.